The van der Waals surface area contributed by atoms with Gasteiger partial charge in [-0.2, -0.15) is 12.5 Å². The van der Waals surface area contributed by atoms with Gasteiger partial charge in [-0.15, -0.1) is 0 Å². The SMILES string of the molecule is Cc1c(CCO)c(=O)n(C)n1S(=O)(=O)c1ccccc1[N+](=O)[O-]. The van der Waals surface area contributed by atoms with E-state index in [2.05, 4.69) is 0 Å². The molecular formula is C13H15N3O6S. The molecular weight excluding hydrogens is 326 g/mol. The number of benzene rings is 1. The van der Waals surface area contributed by atoms with Crippen molar-refractivity contribution in [3.8, 4) is 0 Å². The highest BCUT2D eigenvalue weighted by atomic mass is 32.2. The summed E-state index contributed by atoms with van der Waals surface area (Å²) in [6.45, 7) is 1.10. The molecule has 0 saturated carbocycles. The van der Waals surface area contributed by atoms with E-state index in [1.54, 1.807) is 0 Å². The van der Waals surface area contributed by atoms with Crippen molar-refractivity contribution in [3.63, 3.8) is 0 Å². The number of nitro benzene ring substituents is 1. The molecule has 23 heavy (non-hydrogen) atoms. The Bertz CT molecular complexity index is 926. The van der Waals surface area contributed by atoms with E-state index in [9.17, 15) is 23.3 Å². The van der Waals surface area contributed by atoms with Crippen LogP contribution in [0.15, 0.2) is 34.0 Å². The van der Waals surface area contributed by atoms with E-state index < -0.39 is 31.1 Å². The molecule has 0 aliphatic carbocycles. The van der Waals surface area contributed by atoms with Crippen LogP contribution < -0.4 is 5.56 Å². The Hall–Kier alpha value is -2.46. The van der Waals surface area contributed by atoms with Crippen LogP contribution in [0, 0.1) is 17.0 Å². The summed E-state index contributed by atoms with van der Waals surface area (Å²) in [4.78, 5) is 21.9. The average Bonchev–Trinajstić information content (AvgIpc) is 2.71. The summed E-state index contributed by atoms with van der Waals surface area (Å²) in [5.41, 5.74) is -0.877. The fraction of sp³-hybridized carbons (Fsp3) is 0.308. The molecule has 0 unspecified atom stereocenters. The number of rotatable bonds is 5. The van der Waals surface area contributed by atoms with Gasteiger partial charge in [0.05, 0.1) is 10.6 Å². The van der Waals surface area contributed by atoms with Crippen LogP contribution in [0.5, 0.6) is 0 Å². The second kappa shape index (κ2) is 5.97. The maximum absolute atomic E-state index is 12.8. The van der Waals surface area contributed by atoms with Crippen LogP contribution in [0.2, 0.25) is 0 Å². The predicted molar refractivity (Wildman–Crippen MR) is 80.9 cm³/mol. The van der Waals surface area contributed by atoms with Crippen LogP contribution in [0.1, 0.15) is 11.3 Å². The Morgan fingerprint density at radius 3 is 2.48 bits per heavy atom. The smallest absolute Gasteiger partial charge is 0.289 e. The zero-order chi connectivity index (χ0) is 17.4. The van der Waals surface area contributed by atoms with Gasteiger partial charge in [-0.05, 0) is 13.0 Å². The highest BCUT2D eigenvalue weighted by Crippen LogP contribution is 2.26. The first kappa shape index (κ1) is 16.9. The highest BCUT2D eigenvalue weighted by Gasteiger charge is 2.31. The third-order valence-corrected chi connectivity index (χ3v) is 5.35. The monoisotopic (exact) mass is 341 g/mol. The number of nitrogens with zero attached hydrogens (tertiary/aromatic N) is 3. The molecule has 1 aromatic heterocycles. The molecule has 9 nitrogen and oxygen atoms in total. The Kier molecular flexibility index (Phi) is 4.39. The average molecular weight is 341 g/mol. The molecule has 0 aliphatic rings. The van der Waals surface area contributed by atoms with E-state index in [0.29, 0.717) is 0 Å². The lowest BCUT2D eigenvalue weighted by Crippen LogP contribution is -2.26. The Balaban J connectivity index is 2.79. The first-order valence-corrected chi connectivity index (χ1v) is 8.04. The standard InChI is InChI=1S/C13H15N3O6S/c1-9-10(7-8-17)13(18)14(2)15(9)23(21,22)12-6-4-3-5-11(12)16(19)20/h3-6,17H,7-8H2,1-2H3. The first-order valence-electron chi connectivity index (χ1n) is 6.60. The van der Waals surface area contributed by atoms with Gasteiger partial charge in [0.1, 0.15) is 0 Å². The summed E-state index contributed by atoms with van der Waals surface area (Å²) in [5, 5.41) is 20.1. The van der Waals surface area contributed by atoms with E-state index in [1.807, 2.05) is 0 Å². The Morgan fingerprint density at radius 1 is 1.30 bits per heavy atom. The number of aliphatic hydroxyl groups excluding tert-OH is 1. The topological polar surface area (TPSA) is 124 Å². The third-order valence-electron chi connectivity index (χ3n) is 3.48. The normalized spacial score (nSPS) is 11.6. The van der Waals surface area contributed by atoms with Crippen molar-refractivity contribution < 1.29 is 18.4 Å². The van der Waals surface area contributed by atoms with Crippen molar-refractivity contribution in [2.24, 2.45) is 7.05 Å². The number of hydrogen-bond donors (Lipinski definition) is 1. The molecule has 0 radical (unpaired) electrons. The minimum Gasteiger partial charge on any atom is -0.396 e. The van der Waals surface area contributed by atoms with Gasteiger partial charge in [-0.3, -0.25) is 14.9 Å². The van der Waals surface area contributed by atoms with Gasteiger partial charge in [0, 0.05) is 31.7 Å². The third kappa shape index (κ3) is 2.66. The molecule has 0 fully saturated rings. The molecule has 1 N–H and O–H groups in total. The van der Waals surface area contributed by atoms with Gasteiger partial charge in [-0.1, -0.05) is 12.1 Å². The maximum Gasteiger partial charge on any atom is 0.289 e. The molecule has 2 aromatic rings. The highest BCUT2D eigenvalue weighted by molar-refractivity contribution is 7.90. The van der Waals surface area contributed by atoms with Crippen LogP contribution >= 0.6 is 0 Å². The van der Waals surface area contributed by atoms with Gasteiger partial charge >= 0.3 is 0 Å². The van der Waals surface area contributed by atoms with Crippen LogP contribution in [0.3, 0.4) is 0 Å². The number of aliphatic hydroxyl groups is 1. The zero-order valence-electron chi connectivity index (χ0n) is 12.5. The molecule has 2 rings (SSSR count). The molecule has 10 heteroatoms. The lowest BCUT2D eigenvalue weighted by molar-refractivity contribution is -0.387. The van der Waals surface area contributed by atoms with E-state index in [-0.39, 0.29) is 24.3 Å². The molecule has 1 heterocycles. The largest absolute Gasteiger partial charge is 0.396 e. The van der Waals surface area contributed by atoms with Crippen molar-refractivity contribution in [3.05, 3.63) is 56.0 Å². The Labute approximate surface area is 131 Å². The van der Waals surface area contributed by atoms with Gasteiger partial charge in [-0.25, -0.2) is 4.68 Å². The fourth-order valence-electron chi connectivity index (χ4n) is 2.43. The number of aromatic nitrogens is 2. The molecule has 0 spiro atoms. The van der Waals surface area contributed by atoms with Crippen molar-refractivity contribution in [2.45, 2.75) is 18.2 Å². The number of para-hydroxylation sites is 1. The predicted octanol–water partition coefficient (Wildman–Crippen LogP) is 0.175. The van der Waals surface area contributed by atoms with Gasteiger partial charge in [0.2, 0.25) is 0 Å². The minimum atomic E-state index is -4.34. The van der Waals surface area contributed by atoms with E-state index >= 15 is 0 Å². The summed E-state index contributed by atoms with van der Waals surface area (Å²) in [5.74, 6) is 0. The second-order valence-electron chi connectivity index (χ2n) is 4.84. The van der Waals surface area contributed by atoms with Crippen LogP contribution in [-0.2, 0) is 23.5 Å². The molecule has 0 saturated heterocycles. The van der Waals surface area contributed by atoms with Crippen LogP contribution in [0.4, 0.5) is 5.69 Å². The lowest BCUT2D eigenvalue weighted by Gasteiger charge is -2.11. The molecule has 124 valence electrons. The van der Waals surface area contributed by atoms with Crippen molar-refractivity contribution >= 4 is 15.7 Å². The maximum atomic E-state index is 12.8. The van der Waals surface area contributed by atoms with E-state index in [1.165, 1.54) is 26.1 Å². The van der Waals surface area contributed by atoms with E-state index in [0.717, 1.165) is 20.9 Å². The van der Waals surface area contributed by atoms with Crippen molar-refractivity contribution in [2.75, 3.05) is 6.61 Å². The van der Waals surface area contributed by atoms with Crippen LogP contribution in [0.25, 0.3) is 0 Å². The molecule has 0 bridgehead atoms. The van der Waals surface area contributed by atoms with Crippen molar-refractivity contribution in [1.29, 1.82) is 0 Å². The molecule has 0 amide bonds. The molecule has 0 atom stereocenters. The minimum absolute atomic E-state index is 0.00207. The lowest BCUT2D eigenvalue weighted by atomic mass is 10.2. The number of nitro groups is 1. The van der Waals surface area contributed by atoms with Gasteiger partial charge in [0.15, 0.2) is 4.90 Å². The summed E-state index contributed by atoms with van der Waals surface area (Å²) >= 11 is 0. The summed E-state index contributed by atoms with van der Waals surface area (Å²) < 4.78 is 27.2. The second-order valence-corrected chi connectivity index (χ2v) is 6.57. The molecule has 0 aliphatic heterocycles. The van der Waals surface area contributed by atoms with Gasteiger partial charge in [0.25, 0.3) is 21.3 Å². The van der Waals surface area contributed by atoms with Crippen LogP contribution in [-0.4, -0.2) is 33.8 Å². The fourth-order valence-corrected chi connectivity index (χ4v) is 4.14. The first-order chi connectivity index (χ1) is 10.7. The number of hydrogen-bond acceptors (Lipinski definition) is 6. The van der Waals surface area contributed by atoms with E-state index in [4.69, 9.17) is 5.11 Å². The quantitative estimate of drug-likeness (QED) is 0.611. The molecule has 1 aromatic carbocycles. The zero-order valence-corrected chi connectivity index (χ0v) is 13.3. The summed E-state index contributed by atoms with van der Waals surface area (Å²) in [7, 11) is -3.09. The summed E-state index contributed by atoms with van der Waals surface area (Å²) in [6.07, 6.45) is -0.00207. The van der Waals surface area contributed by atoms with Crippen molar-refractivity contribution in [1.82, 2.24) is 8.77 Å². The van der Waals surface area contributed by atoms with Gasteiger partial charge < -0.3 is 5.11 Å². The summed E-state index contributed by atoms with van der Waals surface area (Å²) in [6, 6.07) is 4.92. The Morgan fingerprint density at radius 2 is 1.91 bits per heavy atom.